The molecule has 0 bridgehead atoms. The summed E-state index contributed by atoms with van der Waals surface area (Å²) >= 11 is 0. The molecule has 4 aliphatic rings. The predicted octanol–water partition coefficient (Wildman–Crippen LogP) is 3.00. The fraction of sp³-hybridized carbons (Fsp3) is 0.143. The Morgan fingerprint density at radius 2 is 1.05 bits per heavy atom. The van der Waals surface area contributed by atoms with Crippen LogP contribution in [-0.2, 0) is 12.8 Å². The molecule has 0 N–H and O–H groups in total. The topological polar surface area (TPSA) is 6.48 Å². The molecule has 0 aliphatic carbocycles. The van der Waals surface area contributed by atoms with Gasteiger partial charge in [0.05, 0.1) is 0 Å². The van der Waals surface area contributed by atoms with Crippen LogP contribution in [0.25, 0.3) is 0 Å². The molecule has 0 saturated heterocycles. The summed E-state index contributed by atoms with van der Waals surface area (Å²) in [5, 5.41) is 0. The van der Waals surface area contributed by atoms with Gasteiger partial charge < -0.3 is 9.80 Å². The van der Waals surface area contributed by atoms with Gasteiger partial charge in [-0.3, -0.25) is 0 Å². The van der Waals surface area contributed by atoms with E-state index < -0.39 is 0 Å². The largest absolute Gasteiger partial charge is 0.345 e. The lowest BCUT2D eigenvalue weighted by molar-refractivity contribution is 1.14. The first kappa shape index (κ1) is 21.7. The zero-order chi connectivity index (χ0) is 26.0. The SMILES string of the molecule is Cc1cc2c3c(c1)N(C)c1cc4c(cc1B3c1ccccc1C2)B1c2ccccc2Cc2cccc(c21)N4C. The van der Waals surface area contributed by atoms with Gasteiger partial charge in [-0.1, -0.05) is 83.7 Å². The van der Waals surface area contributed by atoms with Gasteiger partial charge in [0.25, 0.3) is 0 Å². The van der Waals surface area contributed by atoms with Crippen molar-refractivity contribution in [2.75, 3.05) is 23.9 Å². The van der Waals surface area contributed by atoms with Gasteiger partial charge in [0, 0.05) is 36.8 Å². The maximum absolute atomic E-state index is 2.59. The van der Waals surface area contributed by atoms with Gasteiger partial charge in [-0.15, -0.1) is 0 Å². The van der Waals surface area contributed by atoms with Crippen molar-refractivity contribution in [3.8, 4) is 0 Å². The van der Waals surface area contributed by atoms with Crippen molar-refractivity contribution in [2.45, 2.75) is 19.8 Å². The lowest BCUT2D eigenvalue weighted by Gasteiger charge is -2.43. The summed E-state index contributed by atoms with van der Waals surface area (Å²) in [7, 11) is 4.52. The Morgan fingerprint density at radius 1 is 0.487 bits per heavy atom. The van der Waals surface area contributed by atoms with Crippen molar-refractivity contribution in [2.24, 2.45) is 0 Å². The lowest BCUT2D eigenvalue weighted by atomic mass is 9.29. The molecule has 5 aromatic rings. The highest BCUT2D eigenvalue weighted by Gasteiger charge is 2.43. The molecule has 4 heteroatoms. The molecule has 0 spiro atoms. The monoisotopic (exact) mass is 498 g/mol. The molecule has 0 fully saturated rings. The molecule has 39 heavy (non-hydrogen) atoms. The van der Waals surface area contributed by atoms with Crippen molar-refractivity contribution in [1.82, 2.24) is 0 Å². The van der Waals surface area contributed by atoms with Crippen LogP contribution < -0.4 is 42.6 Å². The molecule has 0 unspecified atom stereocenters. The predicted molar refractivity (Wildman–Crippen MR) is 168 cm³/mol. The van der Waals surface area contributed by atoms with Crippen LogP contribution in [0.15, 0.2) is 91.0 Å². The zero-order valence-electron chi connectivity index (χ0n) is 22.6. The number of rotatable bonds is 0. The van der Waals surface area contributed by atoms with Crippen LogP contribution in [0.5, 0.6) is 0 Å². The summed E-state index contributed by atoms with van der Waals surface area (Å²) in [6.45, 7) is 2.77. The lowest BCUT2D eigenvalue weighted by Crippen LogP contribution is -2.65. The van der Waals surface area contributed by atoms with E-state index in [1.165, 1.54) is 83.3 Å². The number of nitrogens with zero attached hydrogens (tertiary/aromatic N) is 2. The summed E-state index contributed by atoms with van der Waals surface area (Å²) in [5.74, 6) is 0. The Bertz CT molecular complexity index is 1890. The second-order valence-electron chi connectivity index (χ2n) is 11.9. The Kier molecular flexibility index (Phi) is 4.17. The van der Waals surface area contributed by atoms with E-state index in [2.05, 4.69) is 122 Å². The minimum Gasteiger partial charge on any atom is -0.345 e. The van der Waals surface area contributed by atoms with E-state index >= 15 is 0 Å². The number of hydrogen-bond acceptors (Lipinski definition) is 2. The van der Waals surface area contributed by atoms with E-state index in [1.54, 1.807) is 0 Å². The summed E-state index contributed by atoms with van der Waals surface area (Å²) in [6.07, 6.45) is 2.03. The molecule has 4 aliphatic heterocycles. The van der Waals surface area contributed by atoms with Gasteiger partial charge in [0.2, 0.25) is 13.4 Å². The fourth-order valence-corrected chi connectivity index (χ4v) is 8.22. The highest BCUT2D eigenvalue weighted by molar-refractivity contribution is 7.01. The van der Waals surface area contributed by atoms with Gasteiger partial charge in [0.1, 0.15) is 0 Å². The molecule has 0 radical (unpaired) electrons. The van der Waals surface area contributed by atoms with Crippen LogP contribution in [0, 0.1) is 6.92 Å². The van der Waals surface area contributed by atoms with Crippen LogP contribution in [0.3, 0.4) is 0 Å². The smallest absolute Gasteiger partial charge is 0.247 e. The standard InChI is InChI=1S/C35H28B2N2/c1-21-15-25-18-23-10-5-7-13-27(23)37-29-19-28-31(20-32(29)39(3)33(16-21)35(25)37)38(2)30-14-8-11-24-17-22-9-4-6-12-26(22)36(28)34(24)30/h4-16,19-20H,17-18H2,1-3H3. The molecule has 9 rings (SSSR count). The van der Waals surface area contributed by atoms with E-state index in [9.17, 15) is 0 Å². The molecular formula is C35H28B2N2. The van der Waals surface area contributed by atoms with Crippen molar-refractivity contribution in [1.29, 1.82) is 0 Å². The van der Waals surface area contributed by atoms with Gasteiger partial charge in [-0.2, -0.15) is 0 Å². The normalized spacial score (nSPS) is 15.2. The molecule has 184 valence electrons. The number of hydrogen-bond donors (Lipinski definition) is 0. The molecule has 0 saturated carbocycles. The quantitative estimate of drug-likeness (QED) is 0.297. The minimum atomic E-state index is 0.262. The Morgan fingerprint density at radius 3 is 1.74 bits per heavy atom. The maximum Gasteiger partial charge on any atom is 0.247 e. The number of fused-ring (bicyclic) bond motifs is 8. The number of anilines is 4. The first-order valence-corrected chi connectivity index (χ1v) is 14.1. The van der Waals surface area contributed by atoms with E-state index in [4.69, 9.17) is 0 Å². The first-order chi connectivity index (χ1) is 19.1. The van der Waals surface area contributed by atoms with E-state index in [1.807, 2.05) is 0 Å². The maximum atomic E-state index is 2.59. The van der Waals surface area contributed by atoms with E-state index in [0.717, 1.165) is 12.8 Å². The molecule has 2 nitrogen and oxygen atoms in total. The second-order valence-corrected chi connectivity index (χ2v) is 11.9. The highest BCUT2D eigenvalue weighted by atomic mass is 15.1. The van der Waals surface area contributed by atoms with Crippen molar-refractivity contribution < 1.29 is 0 Å². The minimum absolute atomic E-state index is 0.262. The Labute approximate surface area is 231 Å². The van der Waals surface area contributed by atoms with Gasteiger partial charge in [-0.05, 0) is 87.6 Å². The van der Waals surface area contributed by atoms with Gasteiger partial charge in [0.15, 0.2) is 0 Å². The van der Waals surface area contributed by atoms with Crippen molar-refractivity contribution in [3.63, 3.8) is 0 Å². The Balaban J connectivity index is 1.36. The molecular weight excluding hydrogens is 470 g/mol. The van der Waals surface area contributed by atoms with E-state index in [0.29, 0.717) is 0 Å². The fourth-order valence-electron chi connectivity index (χ4n) is 8.22. The average Bonchev–Trinajstić information content (AvgIpc) is 2.96. The number of aryl methyl sites for hydroxylation is 1. The van der Waals surface area contributed by atoms with Crippen LogP contribution in [0.2, 0.25) is 0 Å². The van der Waals surface area contributed by atoms with Gasteiger partial charge in [-0.25, -0.2) is 0 Å². The average molecular weight is 498 g/mol. The highest BCUT2D eigenvalue weighted by Crippen LogP contribution is 2.36. The molecule has 4 heterocycles. The van der Waals surface area contributed by atoms with E-state index in [-0.39, 0.29) is 13.4 Å². The second kappa shape index (κ2) is 7.48. The van der Waals surface area contributed by atoms with Crippen LogP contribution in [0.4, 0.5) is 22.7 Å². The van der Waals surface area contributed by atoms with Crippen molar-refractivity contribution >= 4 is 69.0 Å². The van der Waals surface area contributed by atoms with Crippen molar-refractivity contribution in [3.05, 3.63) is 119 Å². The summed E-state index contributed by atoms with van der Waals surface area (Å²) < 4.78 is 0. The third-order valence-electron chi connectivity index (χ3n) is 9.88. The number of benzene rings is 5. The zero-order valence-corrected chi connectivity index (χ0v) is 22.6. The van der Waals surface area contributed by atoms with Gasteiger partial charge >= 0.3 is 0 Å². The third-order valence-corrected chi connectivity index (χ3v) is 9.88. The molecule has 0 amide bonds. The first-order valence-electron chi connectivity index (χ1n) is 14.1. The molecule has 5 aromatic carbocycles. The third kappa shape index (κ3) is 2.74. The summed E-state index contributed by atoms with van der Waals surface area (Å²) in [5.41, 5.74) is 21.4. The van der Waals surface area contributed by atoms with Crippen LogP contribution in [-0.4, -0.2) is 27.5 Å². The molecule has 0 aromatic heterocycles. The Hall–Kier alpha value is -4.17. The van der Waals surface area contributed by atoms with Crippen LogP contribution >= 0.6 is 0 Å². The summed E-state index contributed by atoms with van der Waals surface area (Å²) in [6, 6.07) is 35.0. The van der Waals surface area contributed by atoms with Crippen LogP contribution in [0.1, 0.15) is 27.8 Å². The summed E-state index contributed by atoms with van der Waals surface area (Å²) in [4.78, 5) is 4.90. The molecule has 0 atom stereocenters.